The van der Waals surface area contributed by atoms with Gasteiger partial charge in [-0.15, -0.1) is 5.10 Å². The van der Waals surface area contributed by atoms with E-state index in [0.717, 1.165) is 23.8 Å². The molecule has 0 amide bonds. The summed E-state index contributed by atoms with van der Waals surface area (Å²) in [5, 5.41) is 11.1. The Hall–Kier alpha value is -1.16. The van der Waals surface area contributed by atoms with Crippen LogP contribution in [0.3, 0.4) is 0 Å². The quantitative estimate of drug-likeness (QED) is 0.745. The van der Waals surface area contributed by atoms with Crippen LogP contribution in [0.1, 0.15) is 18.4 Å². The predicted molar refractivity (Wildman–Crippen MR) is 56.0 cm³/mol. The van der Waals surface area contributed by atoms with Crippen LogP contribution in [0.15, 0.2) is 12.3 Å². The molecule has 1 aliphatic rings. The molecule has 0 bridgehead atoms. The molecule has 1 atom stereocenters. The molecule has 0 radical (unpaired) electrons. The Kier molecular flexibility index (Phi) is 2.63. The third kappa shape index (κ3) is 2.42. The Bertz CT molecular complexity index is 309. The Morgan fingerprint density at radius 1 is 1.64 bits per heavy atom. The van der Waals surface area contributed by atoms with Crippen LogP contribution < -0.4 is 11.1 Å². The zero-order chi connectivity index (χ0) is 9.97. The van der Waals surface area contributed by atoms with Gasteiger partial charge in [0.25, 0.3) is 0 Å². The summed E-state index contributed by atoms with van der Waals surface area (Å²) in [6.07, 6.45) is 4.30. The number of nitrogens with two attached hydrogens (primary N) is 1. The average Bonchev–Trinajstić information content (AvgIpc) is 2.97. The molecule has 1 aromatic heterocycles. The fraction of sp³-hybridized carbons (Fsp3) is 0.600. The SMILES string of the molecule is Cc1cnnc(NCC(N)C2CC2)c1. The van der Waals surface area contributed by atoms with Gasteiger partial charge in [0.15, 0.2) is 0 Å². The summed E-state index contributed by atoms with van der Waals surface area (Å²) >= 11 is 0. The van der Waals surface area contributed by atoms with Crippen LogP contribution in [0.2, 0.25) is 0 Å². The highest BCUT2D eigenvalue weighted by Crippen LogP contribution is 2.31. The molecule has 3 N–H and O–H groups in total. The van der Waals surface area contributed by atoms with E-state index >= 15 is 0 Å². The number of anilines is 1. The van der Waals surface area contributed by atoms with Gasteiger partial charge >= 0.3 is 0 Å². The van der Waals surface area contributed by atoms with Crippen molar-refractivity contribution in [2.24, 2.45) is 11.7 Å². The number of aryl methyl sites for hydroxylation is 1. The van der Waals surface area contributed by atoms with Gasteiger partial charge in [0.05, 0.1) is 6.20 Å². The van der Waals surface area contributed by atoms with Crippen molar-refractivity contribution >= 4 is 5.82 Å². The van der Waals surface area contributed by atoms with Gasteiger partial charge in [0.2, 0.25) is 0 Å². The fourth-order valence-electron chi connectivity index (χ4n) is 1.46. The van der Waals surface area contributed by atoms with Crippen LogP contribution in [0, 0.1) is 12.8 Å². The van der Waals surface area contributed by atoms with E-state index in [1.54, 1.807) is 6.20 Å². The molecule has 4 heteroatoms. The second kappa shape index (κ2) is 3.92. The molecular weight excluding hydrogens is 176 g/mol. The first-order valence-electron chi connectivity index (χ1n) is 5.04. The van der Waals surface area contributed by atoms with E-state index in [-0.39, 0.29) is 6.04 Å². The Balaban J connectivity index is 1.84. The third-order valence-electron chi connectivity index (χ3n) is 2.54. The zero-order valence-electron chi connectivity index (χ0n) is 8.40. The maximum absolute atomic E-state index is 5.95. The minimum absolute atomic E-state index is 0.261. The van der Waals surface area contributed by atoms with Gasteiger partial charge in [-0.2, -0.15) is 5.10 Å². The number of hydrogen-bond donors (Lipinski definition) is 2. The second-order valence-electron chi connectivity index (χ2n) is 4.00. The molecular formula is C10H16N4. The van der Waals surface area contributed by atoms with E-state index in [9.17, 15) is 0 Å². The smallest absolute Gasteiger partial charge is 0.148 e. The summed E-state index contributed by atoms with van der Waals surface area (Å²) in [6.45, 7) is 2.80. The van der Waals surface area contributed by atoms with Crippen molar-refractivity contribution in [2.45, 2.75) is 25.8 Å². The van der Waals surface area contributed by atoms with E-state index in [1.807, 2.05) is 13.0 Å². The minimum Gasteiger partial charge on any atom is -0.367 e. The summed E-state index contributed by atoms with van der Waals surface area (Å²) in [5.74, 6) is 1.54. The maximum atomic E-state index is 5.95. The van der Waals surface area contributed by atoms with Crippen molar-refractivity contribution in [1.29, 1.82) is 0 Å². The minimum atomic E-state index is 0.261. The number of nitrogens with one attached hydrogen (secondary N) is 1. The van der Waals surface area contributed by atoms with Crippen molar-refractivity contribution in [1.82, 2.24) is 10.2 Å². The molecule has 1 aromatic rings. The van der Waals surface area contributed by atoms with Crippen LogP contribution >= 0.6 is 0 Å². The molecule has 4 nitrogen and oxygen atoms in total. The Morgan fingerprint density at radius 3 is 3.07 bits per heavy atom. The Labute approximate surface area is 83.9 Å². The van der Waals surface area contributed by atoms with Crippen molar-refractivity contribution in [2.75, 3.05) is 11.9 Å². The summed E-state index contributed by atoms with van der Waals surface area (Å²) in [7, 11) is 0. The van der Waals surface area contributed by atoms with Gasteiger partial charge in [-0.1, -0.05) is 0 Å². The number of rotatable bonds is 4. The summed E-state index contributed by atoms with van der Waals surface area (Å²) in [6, 6.07) is 2.24. The summed E-state index contributed by atoms with van der Waals surface area (Å²) in [5.41, 5.74) is 7.07. The van der Waals surface area contributed by atoms with Gasteiger partial charge in [0.1, 0.15) is 5.82 Å². The number of aromatic nitrogens is 2. The van der Waals surface area contributed by atoms with Gasteiger partial charge in [-0.3, -0.25) is 0 Å². The van der Waals surface area contributed by atoms with E-state index in [2.05, 4.69) is 15.5 Å². The summed E-state index contributed by atoms with van der Waals surface area (Å²) < 4.78 is 0. The molecule has 1 fully saturated rings. The van der Waals surface area contributed by atoms with Crippen LogP contribution in [0.25, 0.3) is 0 Å². The van der Waals surface area contributed by atoms with Crippen LogP contribution in [0.4, 0.5) is 5.82 Å². The van der Waals surface area contributed by atoms with Crippen LogP contribution in [0.5, 0.6) is 0 Å². The molecule has 0 aliphatic heterocycles. The molecule has 76 valence electrons. The highest BCUT2D eigenvalue weighted by Gasteiger charge is 2.28. The van der Waals surface area contributed by atoms with Gasteiger partial charge in [0, 0.05) is 12.6 Å². The lowest BCUT2D eigenvalue weighted by Gasteiger charge is -2.11. The van der Waals surface area contributed by atoms with E-state index < -0.39 is 0 Å². The lowest BCUT2D eigenvalue weighted by molar-refractivity contribution is 0.619. The normalized spacial score (nSPS) is 17.9. The first kappa shape index (κ1) is 9.40. The molecule has 14 heavy (non-hydrogen) atoms. The standard InChI is InChI=1S/C10H16N4/c1-7-4-10(14-13-5-7)12-6-9(11)8-2-3-8/h4-5,8-9H,2-3,6,11H2,1H3,(H,12,14). The van der Waals surface area contributed by atoms with Crippen molar-refractivity contribution in [3.63, 3.8) is 0 Å². The van der Waals surface area contributed by atoms with Crippen LogP contribution in [-0.2, 0) is 0 Å². The van der Waals surface area contributed by atoms with E-state index in [4.69, 9.17) is 5.73 Å². The highest BCUT2D eigenvalue weighted by atomic mass is 15.2. The van der Waals surface area contributed by atoms with Crippen molar-refractivity contribution in [3.05, 3.63) is 17.8 Å². The maximum Gasteiger partial charge on any atom is 0.148 e. The zero-order valence-corrected chi connectivity index (χ0v) is 8.40. The first-order valence-corrected chi connectivity index (χ1v) is 5.04. The largest absolute Gasteiger partial charge is 0.367 e. The molecule has 1 heterocycles. The molecule has 0 spiro atoms. The monoisotopic (exact) mass is 192 g/mol. The highest BCUT2D eigenvalue weighted by molar-refractivity contribution is 5.35. The lowest BCUT2D eigenvalue weighted by Crippen LogP contribution is -2.31. The predicted octanol–water partition coefficient (Wildman–Crippen LogP) is 0.934. The molecule has 1 unspecified atom stereocenters. The van der Waals surface area contributed by atoms with E-state index in [1.165, 1.54) is 12.8 Å². The van der Waals surface area contributed by atoms with Crippen LogP contribution in [-0.4, -0.2) is 22.8 Å². The number of hydrogen-bond acceptors (Lipinski definition) is 4. The van der Waals surface area contributed by atoms with Gasteiger partial charge in [-0.05, 0) is 37.3 Å². The molecule has 0 aromatic carbocycles. The van der Waals surface area contributed by atoms with Gasteiger partial charge in [-0.25, -0.2) is 0 Å². The number of nitrogens with zero attached hydrogens (tertiary/aromatic N) is 2. The van der Waals surface area contributed by atoms with E-state index in [0.29, 0.717) is 0 Å². The van der Waals surface area contributed by atoms with Crippen molar-refractivity contribution in [3.8, 4) is 0 Å². The molecule has 2 rings (SSSR count). The molecule has 0 saturated heterocycles. The van der Waals surface area contributed by atoms with Crippen molar-refractivity contribution < 1.29 is 0 Å². The molecule has 1 saturated carbocycles. The first-order chi connectivity index (χ1) is 6.75. The lowest BCUT2D eigenvalue weighted by atomic mass is 10.2. The third-order valence-corrected chi connectivity index (χ3v) is 2.54. The summed E-state index contributed by atoms with van der Waals surface area (Å²) in [4.78, 5) is 0. The fourth-order valence-corrected chi connectivity index (χ4v) is 1.46. The Morgan fingerprint density at radius 2 is 2.43 bits per heavy atom. The van der Waals surface area contributed by atoms with Gasteiger partial charge < -0.3 is 11.1 Å². The second-order valence-corrected chi connectivity index (χ2v) is 4.00. The topological polar surface area (TPSA) is 63.8 Å². The average molecular weight is 192 g/mol. The molecule has 1 aliphatic carbocycles.